The minimum Gasteiger partial charge on any atom is -0.323 e. The summed E-state index contributed by atoms with van der Waals surface area (Å²) in [5.41, 5.74) is 3.95. The molecule has 34 heavy (non-hydrogen) atoms. The molecule has 1 aliphatic heterocycles. The lowest BCUT2D eigenvalue weighted by Crippen LogP contribution is -2.15. The fourth-order valence-corrected chi connectivity index (χ4v) is 5.51. The first-order valence-electron chi connectivity index (χ1n) is 10.6. The maximum Gasteiger partial charge on any atom is 0.246 e. The summed E-state index contributed by atoms with van der Waals surface area (Å²) in [6.45, 7) is 0.00452. The molecule has 4 aromatic rings. The Labute approximate surface area is 202 Å². The van der Waals surface area contributed by atoms with Crippen molar-refractivity contribution in [3.8, 4) is 0 Å². The maximum atomic E-state index is 12.6. The number of amides is 1. The van der Waals surface area contributed by atoms with Crippen molar-refractivity contribution < 1.29 is 13.2 Å². The number of nitrogens with one attached hydrogen (secondary N) is 2. The van der Waals surface area contributed by atoms with E-state index >= 15 is 0 Å². The van der Waals surface area contributed by atoms with Crippen LogP contribution in [0.2, 0.25) is 5.02 Å². The molecule has 0 atom stereocenters. The normalized spacial score (nSPS) is 13.6. The number of hydrogen-bond acceptors (Lipinski definition) is 4. The zero-order chi connectivity index (χ0) is 23.7. The van der Waals surface area contributed by atoms with E-state index in [0.29, 0.717) is 22.0 Å². The molecule has 1 heterocycles. The lowest BCUT2D eigenvalue weighted by molar-refractivity contribution is -0.114. The summed E-state index contributed by atoms with van der Waals surface area (Å²) in [5.74, 6) is -0.411. The van der Waals surface area contributed by atoms with Gasteiger partial charge in [-0.25, -0.2) is 8.42 Å². The number of carbonyl (C=O) groups is 1. The summed E-state index contributed by atoms with van der Waals surface area (Å²) in [5, 5.41) is 5.34. The highest BCUT2D eigenvalue weighted by Crippen LogP contribution is 2.31. The van der Waals surface area contributed by atoms with Gasteiger partial charge in [0.05, 0.1) is 17.2 Å². The second-order valence-corrected chi connectivity index (χ2v) is 10.1. The first-order valence-corrected chi connectivity index (χ1v) is 12.6. The topological polar surface area (TPSA) is 87.6 Å². The average Bonchev–Trinajstić information content (AvgIpc) is 2.99. The molecule has 8 heteroatoms. The van der Waals surface area contributed by atoms with E-state index in [0.717, 1.165) is 27.6 Å². The molecule has 0 fully saturated rings. The number of fused-ring (bicyclic) bond motifs is 3. The quantitative estimate of drug-likeness (QED) is 0.402. The molecule has 170 valence electrons. The van der Waals surface area contributed by atoms with Crippen molar-refractivity contribution in [1.29, 1.82) is 0 Å². The molecule has 0 spiro atoms. The van der Waals surface area contributed by atoms with Crippen molar-refractivity contribution in [2.45, 2.75) is 5.75 Å². The van der Waals surface area contributed by atoms with Gasteiger partial charge in [-0.3, -0.25) is 14.5 Å². The molecule has 0 aliphatic carbocycles. The Morgan fingerprint density at radius 1 is 0.912 bits per heavy atom. The van der Waals surface area contributed by atoms with Crippen molar-refractivity contribution in [1.82, 2.24) is 0 Å². The van der Waals surface area contributed by atoms with E-state index in [2.05, 4.69) is 15.0 Å². The van der Waals surface area contributed by atoms with Crippen molar-refractivity contribution in [2.75, 3.05) is 16.6 Å². The van der Waals surface area contributed by atoms with Gasteiger partial charge < -0.3 is 5.32 Å². The Morgan fingerprint density at radius 2 is 1.65 bits per heavy atom. The number of halogens is 1. The van der Waals surface area contributed by atoms with Crippen LogP contribution in [0.25, 0.3) is 10.8 Å². The number of hydrogen-bond donors (Lipinski definition) is 2. The van der Waals surface area contributed by atoms with Crippen LogP contribution in [0.1, 0.15) is 16.7 Å². The summed E-state index contributed by atoms with van der Waals surface area (Å²) in [6, 6.07) is 25.6. The van der Waals surface area contributed by atoms with E-state index in [4.69, 9.17) is 11.6 Å². The number of rotatable bonds is 5. The summed E-state index contributed by atoms with van der Waals surface area (Å²) in [6.07, 6.45) is 0. The number of nitrogens with zero attached hydrogens (tertiary/aromatic N) is 1. The third-order valence-electron chi connectivity index (χ3n) is 5.56. The molecular weight excluding hydrogens is 470 g/mol. The third-order valence-corrected chi connectivity index (χ3v) is 7.17. The molecule has 1 aliphatic rings. The second-order valence-electron chi connectivity index (χ2n) is 7.95. The fraction of sp³-hybridized carbons (Fsp3) is 0.0769. The summed E-state index contributed by atoms with van der Waals surface area (Å²) in [4.78, 5) is 16.9. The predicted octanol–water partition coefficient (Wildman–Crippen LogP) is 5.22. The van der Waals surface area contributed by atoms with E-state index in [1.165, 1.54) is 0 Å². The van der Waals surface area contributed by atoms with Crippen LogP contribution < -0.4 is 10.0 Å². The van der Waals surface area contributed by atoms with Crippen LogP contribution >= 0.6 is 11.6 Å². The third kappa shape index (κ3) is 4.53. The molecule has 0 saturated heterocycles. The zero-order valence-corrected chi connectivity index (χ0v) is 19.5. The smallest absolute Gasteiger partial charge is 0.246 e. The van der Waals surface area contributed by atoms with Gasteiger partial charge in [-0.05, 0) is 29.1 Å². The van der Waals surface area contributed by atoms with E-state index in [1.54, 1.807) is 48.5 Å². The number of benzene rings is 4. The van der Waals surface area contributed by atoms with Gasteiger partial charge in [0.25, 0.3) is 0 Å². The van der Waals surface area contributed by atoms with Gasteiger partial charge >= 0.3 is 0 Å². The lowest BCUT2D eigenvalue weighted by atomic mass is 9.96. The number of carbonyl (C=O) groups excluding carboxylic acids is 1. The molecule has 0 bridgehead atoms. The van der Waals surface area contributed by atoms with Crippen LogP contribution in [-0.4, -0.2) is 26.6 Å². The summed E-state index contributed by atoms with van der Waals surface area (Å²) in [7, 11) is -3.65. The van der Waals surface area contributed by atoms with Gasteiger partial charge in [-0.1, -0.05) is 78.3 Å². The van der Waals surface area contributed by atoms with Gasteiger partial charge in [-0.2, -0.15) is 0 Å². The molecule has 2 N–H and O–H groups in total. The van der Waals surface area contributed by atoms with Crippen LogP contribution in [0.5, 0.6) is 0 Å². The SMILES string of the molecule is O=C1CN=C(c2ccc(NS(=O)(=O)Cc3ccccc3Cl)cc2)c2ccc3ccccc3c2N1. The molecule has 5 rings (SSSR count). The zero-order valence-electron chi connectivity index (χ0n) is 18.0. The maximum absolute atomic E-state index is 12.6. The Morgan fingerprint density at radius 3 is 2.44 bits per heavy atom. The van der Waals surface area contributed by atoms with Crippen LogP contribution in [-0.2, 0) is 20.6 Å². The van der Waals surface area contributed by atoms with Gasteiger partial charge in [0.2, 0.25) is 15.9 Å². The monoisotopic (exact) mass is 489 g/mol. The van der Waals surface area contributed by atoms with Gasteiger partial charge in [-0.15, -0.1) is 0 Å². The van der Waals surface area contributed by atoms with Gasteiger partial charge in [0, 0.05) is 27.2 Å². The summed E-state index contributed by atoms with van der Waals surface area (Å²) >= 11 is 6.11. The van der Waals surface area contributed by atoms with E-state index in [9.17, 15) is 13.2 Å². The Bertz CT molecular complexity index is 1550. The molecular formula is C26H20ClN3O3S. The standard InChI is InChI=1S/C26H20ClN3O3S/c27-23-8-4-2-6-19(23)16-34(32,33)30-20-12-9-18(10-13-20)25-22-14-11-17-5-1-3-7-21(17)26(22)29-24(31)15-28-25/h1-14,30H,15-16H2,(H,29,31). The Balaban J connectivity index is 1.44. The van der Waals surface area contributed by atoms with Crippen molar-refractivity contribution in [3.05, 3.63) is 107 Å². The second kappa shape index (κ2) is 8.93. The van der Waals surface area contributed by atoms with Crippen molar-refractivity contribution >= 4 is 55.4 Å². The van der Waals surface area contributed by atoms with E-state index in [1.807, 2.05) is 36.4 Å². The largest absolute Gasteiger partial charge is 0.323 e. The Hall–Kier alpha value is -3.68. The minimum absolute atomic E-state index is 0.00452. The fourth-order valence-electron chi connectivity index (χ4n) is 4.00. The Kier molecular flexibility index (Phi) is 5.81. The first kappa shape index (κ1) is 22.1. The predicted molar refractivity (Wildman–Crippen MR) is 137 cm³/mol. The molecule has 6 nitrogen and oxygen atoms in total. The van der Waals surface area contributed by atoms with E-state index < -0.39 is 10.0 Å². The highest BCUT2D eigenvalue weighted by molar-refractivity contribution is 7.91. The molecule has 0 aromatic heterocycles. The van der Waals surface area contributed by atoms with Gasteiger partial charge in [0.1, 0.15) is 6.54 Å². The van der Waals surface area contributed by atoms with Crippen LogP contribution in [0.3, 0.4) is 0 Å². The van der Waals surface area contributed by atoms with Crippen molar-refractivity contribution in [2.24, 2.45) is 4.99 Å². The minimum atomic E-state index is -3.65. The number of anilines is 2. The molecule has 4 aromatic carbocycles. The van der Waals surface area contributed by atoms with Crippen LogP contribution in [0, 0.1) is 0 Å². The van der Waals surface area contributed by atoms with Gasteiger partial charge in [0.15, 0.2) is 0 Å². The first-order chi connectivity index (χ1) is 16.4. The lowest BCUT2D eigenvalue weighted by Gasteiger charge is -2.14. The highest BCUT2D eigenvalue weighted by Gasteiger charge is 2.20. The van der Waals surface area contributed by atoms with Crippen molar-refractivity contribution in [3.63, 3.8) is 0 Å². The molecule has 0 unspecified atom stereocenters. The number of sulfonamides is 1. The highest BCUT2D eigenvalue weighted by atomic mass is 35.5. The number of aliphatic imine (C=N–C) groups is 1. The van der Waals surface area contributed by atoms with Crippen LogP contribution in [0.4, 0.5) is 11.4 Å². The molecule has 0 saturated carbocycles. The average molecular weight is 490 g/mol. The summed E-state index contributed by atoms with van der Waals surface area (Å²) < 4.78 is 27.9. The molecule has 1 amide bonds. The van der Waals surface area contributed by atoms with E-state index in [-0.39, 0.29) is 18.2 Å². The molecule has 0 radical (unpaired) electrons. The van der Waals surface area contributed by atoms with Crippen LogP contribution in [0.15, 0.2) is 89.9 Å².